The van der Waals surface area contributed by atoms with Crippen LogP contribution in [0, 0.1) is 0 Å². The molecule has 0 saturated carbocycles. The summed E-state index contributed by atoms with van der Waals surface area (Å²) >= 11 is 3.37. The van der Waals surface area contributed by atoms with Gasteiger partial charge in [-0.2, -0.15) is 0 Å². The third-order valence-electron chi connectivity index (χ3n) is 2.93. The first-order chi connectivity index (χ1) is 10.1. The van der Waals surface area contributed by atoms with Gasteiger partial charge in [-0.3, -0.25) is 0 Å². The van der Waals surface area contributed by atoms with Crippen LogP contribution in [0.5, 0.6) is 11.5 Å². The number of benzene rings is 2. The molecule has 0 bridgehead atoms. The monoisotopic (exact) mass is 350 g/mol. The minimum absolute atomic E-state index is 0.274. The van der Waals surface area contributed by atoms with E-state index in [1.165, 1.54) is 7.11 Å². The first-order valence-electron chi connectivity index (χ1n) is 6.27. The molecule has 0 heterocycles. The number of hydrogen-bond acceptors (Lipinski definition) is 4. The third kappa shape index (κ3) is 3.98. The first kappa shape index (κ1) is 15.4. The minimum Gasteiger partial charge on any atom is -0.497 e. The van der Waals surface area contributed by atoms with Crippen molar-refractivity contribution < 1.29 is 19.0 Å². The van der Waals surface area contributed by atoms with E-state index in [4.69, 9.17) is 14.2 Å². The van der Waals surface area contributed by atoms with Crippen molar-refractivity contribution in [3.63, 3.8) is 0 Å². The van der Waals surface area contributed by atoms with Crippen molar-refractivity contribution in [2.45, 2.75) is 6.61 Å². The molecule has 0 spiro atoms. The van der Waals surface area contributed by atoms with E-state index in [1.54, 1.807) is 25.3 Å². The van der Waals surface area contributed by atoms with E-state index >= 15 is 0 Å². The summed E-state index contributed by atoms with van der Waals surface area (Å²) in [5.74, 6) is 0.913. The van der Waals surface area contributed by atoms with Crippen molar-refractivity contribution in [3.05, 3.63) is 58.1 Å². The molecule has 0 N–H and O–H groups in total. The second kappa shape index (κ2) is 7.13. The van der Waals surface area contributed by atoms with Crippen LogP contribution < -0.4 is 9.47 Å². The van der Waals surface area contributed by atoms with Crippen LogP contribution in [-0.4, -0.2) is 20.2 Å². The van der Waals surface area contributed by atoms with Gasteiger partial charge >= 0.3 is 5.97 Å². The minimum atomic E-state index is -0.414. The molecule has 0 aliphatic heterocycles. The summed E-state index contributed by atoms with van der Waals surface area (Å²) in [6.45, 7) is 0.274. The molecule has 110 valence electrons. The fourth-order valence-corrected chi connectivity index (χ4v) is 2.06. The van der Waals surface area contributed by atoms with Gasteiger partial charge in [0, 0.05) is 10.0 Å². The van der Waals surface area contributed by atoms with E-state index in [2.05, 4.69) is 15.9 Å². The zero-order valence-corrected chi connectivity index (χ0v) is 13.3. The van der Waals surface area contributed by atoms with Gasteiger partial charge in [0.15, 0.2) is 0 Å². The van der Waals surface area contributed by atoms with Crippen molar-refractivity contribution in [2.75, 3.05) is 14.2 Å². The quantitative estimate of drug-likeness (QED) is 0.769. The zero-order chi connectivity index (χ0) is 15.2. The van der Waals surface area contributed by atoms with Crippen molar-refractivity contribution >= 4 is 21.9 Å². The Morgan fingerprint density at radius 1 is 1.05 bits per heavy atom. The number of rotatable bonds is 5. The van der Waals surface area contributed by atoms with Gasteiger partial charge in [-0.1, -0.05) is 22.0 Å². The Kier molecular flexibility index (Phi) is 5.22. The maximum atomic E-state index is 11.8. The summed E-state index contributed by atoms with van der Waals surface area (Å²) in [6, 6.07) is 12.7. The first-order valence-corrected chi connectivity index (χ1v) is 7.07. The third-order valence-corrected chi connectivity index (χ3v) is 3.46. The molecule has 0 aliphatic rings. The van der Waals surface area contributed by atoms with Crippen molar-refractivity contribution in [2.24, 2.45) is 0 Å². The predicted molar refractivity (Wildman–Crippen MR) is 82.8 cm³/mol. The molecule has 0 amide bonds. The summed E-state index contributed by atoms with van der Waals surface area (Å²) in [5, 5.41) is 0. The Labute approximate surface area is 131 Å². The maximum absolute atomic E-state index is 11.8. The van der Waals surface area contributed by atoms with Gasteiger partial charge < -0.3 is 14.2 Å². The van der Waals surface area contributed by atoms with E-state index in [9.17, 15) is 4.79 Å². The van der Waals surface area contributed by atoms with E-state index in [1.807, 2.05) is 24.3 Å². The lowest BCUT2D eigenvalue weighted by Crippen LogP contribution is -2.08. The lowest BCUT2D eigenvalue weighted by Gasteiger charge is -2.11. The van der Waals surface area contributed by atoms with E-state index in [-0.39, 0.29) is 6.61 Å². The Morgan fingerprint density at radius 3 is 2.33 bits per heavy atom. The molecule has 0 saturated heterocycles. The smallest absolute Gasteiger partial charge is 0.338 e. The average Bonchev–Trinajstić information content (AvgIpc) is 2.53. The van der Waals surface area contributed by atoms with Crippen LogP contribution in [0.25, 0.3) is 0 Å². The number of methoxy groups -OCH3 is 2. The lowest BCUT2D eigenvalue weighted by molar-refractivity contribution is 0.0597. The molecule has 5 heteroatoms. The molecular formula is C16H15BrO4. The largest absolute Gasteiger partial charge is 0.497 e. The fourth-order valence-electron chi connectivity index (χ4n) is 1.80. The van der Waals surface area contributed by atoms with Gasteiger partial charge in [-0.15, -0.1) is 0 Å². The van der Waals surface area contributed by atoms with Gasteiger partial charge in [0.25, 0.3) is 0 Å². The SMILES string of the molecule is COC(=O)c1cc(OC)ccc1COc1ccc(Br)cc1. The van der Waals surface area contributed by atoms with Gasteiger partial charge in [0.2, 0.25) is 0 Å². The Bertz CT molecular complexity index is 623. The molecule has 0 unspecified atom stereocenters. The summed E-state index contributed by atoms with van der Waals surface area (Å²) < 4.78 is 16.6. The summed E-state index contributed by atoms with van der Waals surface area (Å²) in [4.78, 5) is 11.8. The molecule has 0 fully saturated rings. The van der Waals surface area contributed by atoms with Crippen molar-refractivity contribution in [1.29, 1.82) is 0 Å². The average molecular weight is 351 g/mol. The summed E-state index contributed by atoms with van der Waals surface area (Å²) in [5.41, 5.74) is 1.18. The lowest BCUT2D eigenvalue weighted by atomic mass is 10.1. The molecule has 0 atom stereocenters. The highest BCUT2D eigenvalue weighted by Gasteiger charge is 2.13. The van der Waals surface area contributed by atoms with Crippen LogP contribution in [0.15, 0.2) is 46.9 Å². The molecular weight excluding hydrogens is 336 g/mol. The van der Waals surface area contributed by atoms with E-state index in [0.717, 1.165) is 15.8 Å². The summed E-state index contributed by atoms with van der Waals surface area (Å²) in [6.07, 6.45) is 0. The van der Waals surface area contributed by atoms with Gasteiger partial charge in [0.05, 0.1) is 19.8 Å². The fraction of sp³-hybridized carbons (Fsp3) is 0.188. The number of hydrogen-bond donors (Lipinski definition) is 0. The van der Waals surface area contributed by atoms with Crippen LogP contribution in [0.4, 0.5) is 0 Å². The summed E-state index contributed by atoms with van der Waals surface area (Å²) in [7, 11) is 2.90. The van der Waals surface area contributed by atoms with E-state index in [0.29, 0.717) is 11.3 Å². The highest BCUT2D eigenvalue weighted by molar-refractivity contribution is 9.10. The van der Waals surface area contributed by atoms with Gasteiger partial charge in [0.1, 0.15) is 18.1 Å². The second-order valence-corrected chi connectivity index (χ2v) is 5.17. The van der Waals surface area contributed by atoms with Gasteiger partial charge in [-0.05, 0) is 36.4 Å². The Morgan fingerprint density at radius 2 is 1.71 bits per heavy atom. The second-order valence-electron chi connectivity index (χ2n) is 4.26. The van der Waals surface area contributed by atoms with Gasteiger partial charge in [-0.25, -0.2) is 4.79 Å². The normalized spacial score (nSPS) is 10.0. The van der Waals surface area contributed by atoms with Crippen molar-refractivity contribution in [3.8, 4) is 11.5 Å². The van der Waals surface area contributed by atoms with E-state index < -0.39 is 5.97 Å². The number of esters is 1. The Balaban J connectivity index is 2.18. The predicted octanol–water partition coefficient (Wildman–Crippen LogP) is 3.82. The number of carbonyl (C=O) groups is 1. The van der Waals surface area contributed by atoms with Crippen LogP contribution in [0.1, 0.15) is 15.9 Å². The standard InChI is InChI=1S/C16H15BrO4/c1-19-14-6-3-11(15(9-14)16(18)20-2)10-21-13-7-4-12(17)5-8-13/h3-9H,10H2,1-2H3. The van der Waals surface area contributed by atoms with Crippen LogP contribution in [0.2, 0.25) is 0 Å². The molecule has 2 rings (SSSR count). The maximum Gasteiger partial charge on any atom is 0.338 e. The topological polar surface area (TPSA) is 44.8 Å². The molecule has 0 aromatic heterocycles. The highest BCUT2D eigenvalue weighted by atomic mass is 79.9. The number of halogens is 1. The number of carbonyl (C=O) groups excluding carboxylic acids is 1. The zero-order valence-electron chi connectivity index (χ0n) is 11.8. The molecule has 0 aliphatic carbocycles. The number of ether oxygens (including phenoxy) is 3. The van der Waals surface area contributed by atoms with Crippen LogP contribution in [-0.2, 0) is 11.3 Å². The molecule has 4 nitrogen and oxygen atoms in total. The molecule has 2 aromatic carbocycles. The highest BCUT2D eigenvalue weighted by Crippen LogP contribution is 2.22. The molecule has 2 aromatic rings. The molecule has 21 heavy (non-hydrogen) atoms. The van der Waals surface area contributed by atoms with Crippen molar-refractivity contribution in [1.82, 2.24) is 0 Å². The molecule has 0 radical (unpaired) electrons. The van der Waals surface area contributed by atoms with Crippen LogP contribution in [0.3, 0.4) is 0 Å². The van der Waals surface area contributed by atoms with Crippen LogP contribution >= 0.6 is 15.9 Å². The Hall–Kier alpha value is -2.01.